The second kappa shape index (κ2) is 6.78. The van der Waals surface area contributed by atoms with Gasteiger partial charge in [0.15, 0.2) is 0 Å². The smallest absolute Gasteiger partial charge is 0.0419 e. The molecular formula is C14H15ClN2S. The van der Waals surface area contributed by atoms with Crippen LogP contribution in [0.15, 0.2) is 53.6 Å². The maximum atomic E-state index is 6.10. The Bertz CT molecular complexity index is 473. The molecule has 94 valence electrons. The Morgan fingerprint density at radius 1 is 1.17 bits per heavy atom. The van der Waals surface area contributed by atoms with Gasteiger partial charge in [-0.15, -0.1) is 11.8 Å². The fourth-order valence-corrected chi connectivity index (χ4v) is 2.56. The first-order valence-electron chi connectivity index (χ1n) is 5.78. The van der Waals surface area contributed by atoms with Crippen LogP contribution in [-0.4, -0.2) is 16.8 Å². The van der Waals surface area contributed by atoms with Crippen molar-refractivity contribution < 1.29 is 0 Å². The minimum atomic E-state index is 0.112. The van der Waals surface area contributed by atoms with Gasteiger partial charge in [0.2, 0.25) is 0 Å². The molecule has 0 amide bonds. The van der Waals surface area contributed by atoms with Gasteiger partial charge in [-0.05, 0) is 36.4 Å². The molecule has 0 aliphatic heterocycles. The van der Waals surface area contributed by atoms with Gasteiger partial charge in [-0.2, -0.15) is 0 Å². The number of nitrogens with zero attached hydrogens (tertiary/aromatic N) is 1. The lowest BCUT2D eigenvalue weighted by Gasteiger charge is -2.10. The molecule has 1 aromatic carbocycles. The number of thioether (sulfide) groups is 1. The van der Waals surface area contributed by atoms with Crippen LogP contribution in [0, 0.1) is 0 Å². The third-order valence-electron chi connectivity index (χ3n) is 2.48. The highest BCUT2D eigenvalue weighted by molar-refractivity contribution is 7.99. The number of rotatable bonds is 5. The molecule has 2 rings (SSSR count). The van der Waals surface area contributed by atoms with Gasteiger partial charge in [0.05, 0.1) is 0 Å². The van der Waals surface area contributed by atoms with Gasteiger partial charge in [-0.1, -0.05) is 17.7 Å². The van der Waals surface area contributed by atoms with Gasteiger partial charge in [-0.25, -0.2) is 0 Å². The van der Waals surface area contributed by atoms with Crippen molar-refractivity contribution in [3.8, 4) is 0 Å². The van der Waals surface area contributed by atoms with Crippen molar-refractivity contribution in [2.45, 2.75) is 17.4 Å². The molecular weight excluding hydrogens is 264 g/mol. The molecule has 0 saturated carbocycles. The highest BCUT2D eigenvalue weighted by Gasteiger charge is 2.05. The molecule has 0 spiro atoms. The largest absolute Gasteiger partial charge is 0.327 e. The van der Waals surface area contributed by atoms with Gasteiger partial charge >= 0.3 is 0 Å². The molecule has 4 heteroatoms. The number of pyridine rings is 1. The molecule has 2 aromatic rings. The number of halogens is 1. The molecule has 2 N–H and O–H groups in total. The topological polar surface area (TPSA) is 38.9 Å². The first-order chi connectivity index (χ1) is 8.74. The van der Waals surface area contributed by atoms with Crippen molar-refractivity contribution in [2.75, 3.05) is 5.75 Å². The molecule has 0 fully saturated rings. The van der Waals surface area contributed by atoms with Gasteiger partial charge in [0.25, 0.3) is 0 Å². The van der Waals surface area contributed by atoms with E-state index < -0.39 is 0 Å². The average Bonchev–Trinajstić information content (AvgIpc) is 2.39. The number of hydrogen-bond donors (Lipinski definition) is 1. The summed E-state index contributed by atoms with van der Waals surface area (Å²) in [5.41, 5.74) is 7.14. The molecule has 1 heterocycles. The van der Waals surface area contributed by atoms with Crippen LogP contribution in [0.1, 0.15) is 5.69 Å². The van der Waals surface area contributed by atoms with E-state index in [4.69, 9.17) is 17.3 Å². The fourth-order valence-electron chi connectivity index (χ4n) is 1.58. The maximum Gasteiger partial charge on any atom is 0.0419 e. The Labute approximate surface area is 117 Å². The second-order valence-electron chi connectivity index (χ2n) is 4.05. The first kappa shape index (κ1) is 13.4. The van der Waals surface area contributed by atoms with Gasteiger partial charge in [0.1, 0.15) is 0 Å². The van der Waals surface area contributed by atoms with Crippen LogP contribution in [0.3, 0.4) is 0 Å². The molecule has 0 bridgehead atoms. The Hall–Kier alpha value is -1.03. The van der Waals surface area contributed by atoms with Crippen LogP contribution in [0.25, 0.3) is 0 Å². The minimum Gasteiger partial charge on any atom is -0.327 e. The van der Waals surface area contributed by atoms with Crippen molar-refractivity contribution in [1.29, 1.82) is 0 Å². The summed E-state index contributed by atoms with van der Waals surface area (Å²) in [5, 5.41) is 0.761. The molecule has 1 atom stereocenters. The minimum absolute atomic E-state index is 0.112. The summed E-state index contributed by atoms with van der Waals surface area (Å²) in [6.45, 7) is 0. The van der Waals surface area contributed by atoms with Crippen molar-refractivity contribution in [3.63, 3.8) is 0 Å². The van der Waals surface area contributed by atoms with Crippen LogP contribution < -0.4 is 5.73 Å². The van der Waals surface area contributed by atoms with E-state index >= 15 is 0 Å². The lowest BCUT2D eigenvalue weighted by molar-refractivity contribution is 0.732. The molecule has 0 saturated heterocycles. The molecule has 2 nitrogen and oxygen atoms in total. The van der Waals surface area contributed by atoms with Crippen LogP contribution in [-0.2, 0) is 6.42 Å². The zero-order valence-electron chi connectivity index (χ0n) is 9.92. The average molecular weight is 279 g/mol. The summed E-state index contributed by atoms with van der Waals surface area (Å²) in [6, 6.07) is 13.8. The summed E-state index contributed by atoms with van der Waals surface area (Å²) in [7, 11) is 0. The summed E-state index contributed by atoms with van der Waals surface area (Å²) in [6.07, 6.45) is 2.61. The number of benzene rings is 1. The zero-order valence-corrected chi connectivity index (χ0v) is 11.5. The fraction of sp³-hybridized carbons (Fsp3) is 0.214. The Balaban J connectivity index is 1.81. The van der Waals surface area contributed by atoms with Gasteiger partial charge in [-0.3, -0.25) is 4.98 Å². The van der Waals surface area contributed by atoms with Crippen LogP contribution in [0.2, 0.25) is 5.02 Å². The lowest BCUT2D eigenvalue weighted by Crippen LogP contribution is -2.25. The predicted octanol–water partition coefficient (Wildman–Crippen LogP) is 3.40. The molecule has 18 heavy (non-hydrogen) atoms. The van der Waals surface area contributed by atoms with E-state index in [1.54, 1.807) is 18.0 Å². The SMILES string of the molecule is NC(CSc1ccc(Cl)cc1)Cc1ccccn1. The summed E-state index contributed by atoms with van der Waals surface area (Å²) < 4.78 is 0. The van der Waals surface area contributed by atoms with E-state index in [9.17, 15) is 0 Å². The highest BCUT2D eigenvalue weighted by atomic mass is 35.5. The van der Waals surface area contributed by atoms with Gasteiger partial charge in [0, 0.05) is 40.0 Å². The normalized spacial score (nSPS) is 12.3. The predicted molar refractivity (Wildman–Crippen MR) is 78.1 cm³/mol. The van der Waals surface area contributed by atoms with Crippen molar-refractivity contribution >= 4 is 23.4 Å². The van der Waals surface area contributed by atoms with Crippen LogP contribution in [0.5, 0.6) is 0 Å². The molecule has 1 aromatic heterocycles. The Kier molecular flexibility index (Phi) is 5.05. The summed E-state index contributed by atoms with van der Waals surface area (Å²) in [5.74, 6) is 0.873. The van der Waals surface area contributed by atoms with Gasteiger partial charge < -0.3 is 5.73 Å². The number of aromatic nitrogens is 1. The Morgan fingerprint density at radius 3 is 2.61 bits per heavy atom. The lowest BCUT2D eigenvalue weighted by atomic mass is 10.2. The van der Waals surface area contributed by atoms with E-state index in [0.717, 1.165) is 22.9 Å². The summed E-state index contributed by atoms with van der Waals surface area (Å²) in [4.78, 5) is 5.47. The standard InChI is InChI=1S/C14H15ClN2S/c15-11-4-6-14(7-5-11)18-10-12(16)9-13-3-1-2-8-17-13/h1-8,12H,9-10,16H2. The Morgan fingerprint density at radius 2 is 1.94 bits per heavy atom. The molecule has 1 unspecified atom stereocenters. The van der Waals surface area contributed by atoms with E-state index in [0.29, 0.717) is 0 Å². The third kappa shape index (κ3) is 4.33. The monoisotopic (exact) mass is 278 g/mol. The summed E-state index contributed by atoms with van der Waals surface area (Å²) >= 11 is 7.58. The van der Waals surface area contributed by atoms with E-state index in [-0.39, 0.29) is 6.04 Å². The maximum absolute atomic E-state index is 6.10. The molecule has 0 aliphatic carbocycles. The number of nitrogens with two attached hydrogens (primary N) is 1. The van der Waals surface area contributed by atoms with E-state index in [1.165, 1.54) is 4.90 Å². The first-order valence-corrected chi connectivity index (χ1v) is 7.14. The molecule has 0 aliphatic rings. The zero-order chi connectivity index (χ0) is 12.8. The highest BCUT2D eigenvalue weighted by Crippen LogP contribution is 2.21. The number of hydrogen-bond acceptors (Lipinski definition) is 3. The van der Waals surface area contributed by atoms with E-state index in [2.05, 4.69) is 4.98 Å². The van der Waals surface area contributed by atoms with Crippen molar-refractivity contribution in [3.05, 3.63) is 59.4 Å². The van der Waals surface area contributed by atoms with Crippen LogP contribution in [0.4, 0.5) is 0 Å². The van der Waals surface area contributed by atoms with Crippen molar-refractivity contribution in [2.24, 2.45) is 5.73 Å². The second-order valence-corrected chi connectivity index (χ2v) is 5.58. The quantitative estimate of drug-likeness (QED) is 0.852. The third-order valence-corrected chi connectivity index (χ3v) is 3.93. The molecule has 0 radical (unpaired) electrons. The van der Waals surface area contributed by atoms with Crippen molar-refractivity contribution in [1.82, 2.24) is 4.98 Å². The van der Waals surface area contributed by atoms with Crippen LogP contribution >= 0.6 is 23.4 Å². The van der Waals surface area contributed by atoms with E-state index in [1.807, 2.05) is 42.5 Å².